The molecule has 2 aromatic rings. The Morgan fingerprint density at radius 3 is 3.06 bits per heavy atom. The van der Waals surface area contributed by atoms with Crippen LogP contribution in [-0.2, 0) is 4.74 Å². The predicted octanol–water partition coefficient (Wildman–Crippen LogP) is 1.56. The van der Waals surface area contributed by atoms with Crippen molar-refractivity contribution < 1.29 is 13.9 Å². The molecule has 0 aliphatic heterocycles. The van der Waals surface area contributed by atoms with Crippen molar-refractivity contribution >= 4 is 17.4 Å². The topological polar surface area (TPSA) is 77.2 Å². The van der Waals surface area contributed by atoms with E-state index in [4.69, 9.17) is 9.15 Å². The van der Waals surface area contributed by atoms with Crippen LogP contribution in [0, 0.1) is 6.92 Å². The molecule has 1 N–H and O–H groups in total. The van der Waals surface area contributed by atoms with Crippen molar-refractivity contribution in [2.45, 2.75) is 13.0 Å². The van der Waals surface area contributed by atoms with Crippen molar-refractivity contribution in [2.24, 2.45) is 0 Å². The van der Waals surface area contributed by atoms with Gasteiger partial charge in [-0.3, -0.25) is 4.79 Å². The van der Waals surface area contributed by atoms with Gasteiger partial charge in [0.2, 0.25) is 0 Å². The van der Waals surface area contributed by atoms with Gasteiger partial charge in [-0.15, -0.1) is 5.10 Å². The molecule has 0 aliphatic carbocycles. The molecule has 0 radical (unpaired) electrons. The highest BCUT2D eigenvalue weighted by Crippen LogP contribution is 2.16. The van der Waals surface area contributed by atoms with E-state index in [0.29, 0.717) is 22.9 Å². The SMILES string of the molecule is CO[C@@H](CNC(=O)c1snnc1C)c1ccco1. The highest BCUT2D eigenvalue weighted by Gasteiger charge is 2.17. The van der Waals surface area contributed by atoms with Crippen LogP contribution in [-0.4, -0.2) is 29.1 Å². The van der Waals surface area contributed by atoms with E-state index in [2.05, 4.69) is 14.9 Å². The number of rotatable bonds is 5. The normalized spacial score (nSPS) is 12.3. The minimum absolute atomic E-state index is 0.198. The lowest BCUT2D eigenvalue weighted by molar-refractivity contribution is 0.0740. The molecule has 0 bridgehead atoms. The largest absolute Gasteiger partial charge is 0.467 e. The summed E-state index contributed by atoms with van der Waals surface area (Å²) >= 11 is 1.08. The average molecular weight is 267 g/mol. The number of amides is 1. The van der Waals surface area contributed by atoms with Crippen LogP contribution in [0.15, 0.2) is 22.8 Å². The van der Waals surface area contributed by atoms with E-state index in [1.807, 2.05) is 0 Å². The summed E-state index contributed by atoms with van der Waals surface area (Å²) in [6.45, 7) is 2.08. The molecule has 7 heteroatoms. The third-order valence-electron chi connectivity index (χ3n) is 2.45. The smallest absolute Gasteiger partial charge is 0.265 e. The second-order valence-electron chi connectivity index (χ2n) is 3.64. The number of methoxy groups -OCH3 is 1. The number of furan rings is 1. The van der Waals surface area contributed by atoms with Crippen LogP contribution in [0.2, 0.25) is 0 Å². The highest BCUT2D eigenvalue weighted by atomic mass is 32.1. The first-order valence-electron chi connectivity index (χ1n) is 5.35. The Labute approximate surface area is 108 Å². The second kappa shape index (κ2) is 5.74. The molecule has 18 heavy (non-hydrogen) atoms. The van der Waals surface area contributed by atoms with Gasteiger partial charge in [-0.1, -0.05) is 4.49 Å². The van der Waals surface area contributed by atoms with Crippen molar-refractivity contribution in [1.82, 2.24) is 14.9 Å². The van der Waals surface area contributed by atoms with E-state index in [-0.39, 0.29) is 12.0 Å². The molecule has 0 fully saturated rings. The van der Waals surface area contributed by atoms with Crippen LogP contribution in [0.3, 0.4) is 0 Å². The lowest BCUT2D eigenvalue weighted by atomic mass is 10.2. The van der Waals surface area contributed by atoms with Crippen LogP contribution in [0.25, 0.3) is 0 Å². The van der Waals surface area contributed by atoms with Gasteiger partial charge in [-0.25, -0.2) is 0 Å². The molecule has 0 saturated heterocycles. The van der Waals surface area contributed by atoms with Gasteiger partial charge in [0.05, 0.1) is 18.5 Å². The first kappa shape index (κ1) is 12.7. The summed E-state index contributed by atoms with van der Waals surface area (Å²) < 4.78 is 14.2. The number of aromatic nitrogens is 2. The minimum atomic E-state index is -0.301. The number of hydrogen-bond donors (Lipinski definition) is 1. The maximum atomic E-state index is 11.8. The van der Waals surface area contributed by atoms with Gasteiger partial charge in [-0.05, 0) is 30.6 Å². The summed E-state index contributed by atoms with van der Waals surface area (Å²) in [5, 5.41) is 6.56. The zero-order valence-corrected chi connectivity index (χ0v) is 10.9. The third-order valence-corrected chi connectivity index (χ3v) is 3.28. The molecule has 1 atom stereocenters. The van der Waals surface area contributed by atoms with Crippen LogP contribution in [0.4, 0.5) is 0 Å². The molecule has 1 amide bonds. The van der Waals surface area contributed by atoms with Crippen molar-refractivity contribution in [3.05, 3.63) is 34.7 Å². The Balaban J connectivity index is 1.95. The quantitative estimate of drug-likeness (QED) is 0.889. The molecule has 2 aromatic heterocycles. The lowest BCUT2D eigenvalue weighted by Gasteiger charge is -2.13. The first-order valence-corrected chi connectivity index (χ1v) is 6.13. The van der Waals surface area contributed by atoms with Crippen molar-refractivity contribution in [2.75, 3.05) is 13.7 Å². The zero-order chi connectivity index (χ0) is 13.0. The summed E-state index contributed by atoms with van der Waals surface area (Å²) in [5.41, 5.74) is 0.629. The van der Waals surface area contributed by atoms with Crippen molar-refractivity contribution in [3.8, 4) is 0 Å². The molecule has 6 nitrogen and oxygen atoms in total. The fourth-order valence-corrected chi connectivity index (χ4v) is 2.05. The van der Waals surface area contributed by atoms with Gasteiger partial charge >= 0.3 is 0 Å². The number of aryl methyl sites for hydroxylation is 1. The molecule has 0 saturated carbocycles. The Morgan fingerprint density at radius 2 is 2.50 bits per heavy atom. The lowest BCUT2D eigenvalue weighted by Crippen LogP contribution is -2.28. The Kier molecular flexibility index (Phi) is 4.06. The predicted molar refractivity (Wildman–Crippen MR) is 65.4 cm³/mol. The summed E-state index contributed by atoms with van der Waals surface area (Å²) in [5.74, 6) is 0.480. The van der Waals surface area contributed by atoms with E-state index in [1.54, 1.807) is 32.4 Å². The third kappa shape index (κ3) is 2.74. The summed E-state index contributed by atoms with van der Waals surface area (Å²) in [6.07, 6.45) is 1.27. The monoisotopic (exact) mass is 267 g/mol. The Morgan fingerprint density at radius 1 is 1.67 bits per heavy atom. The fraction of sp³-hybridized carbons (Fsp3) is 0.364. The number of ether oxygens (including phenoxy) is 1. The van der Waals surface area contributed by atoms with Gasteiger partial charge in [-0.2, -0.15) is 0 Å². The number of nitrogens with one attached hydrogen (secondary N) is 1. The molecule has 0 spiro atoms. The molecular formula is C11H13N3O3S. The Hall–Kier alpha value is -1.73. The molecular weight excluding hydrogens is 254 g/mol. The van der Waals surface area contributed by atoms with Crippen LogP contribution in [0.1, 0.15) is 27.2 Å². The van der Waals surface area contributed by atoms with Crippen LogP contribution >= 0.6 is 11.5 Å². The van der Waals surface area contributed by atoms with Gasteiger partial charge in [0.1, 0.15) is 16.7 Å². The molecule has 0 aromatic carbocycles. The molecule has 0 aliphatic rings. The van der Waals surface area contributed by atoms with Crippen molar-refractivity contribution in [3.63, 3.8) is 0 Å². The van der Waals surface area contributed by atoms with E-state index < -0.39 is 0 Å². The van der Waals surface area contributed by atoms with Crippen LogP contribution < -0.4 is 5.32 Å². The van der Waals surface area contributed by atoms with E-state index in [0.717, 1.165) is 11.5 Å². The maximum absolute atomic E-state index is 11.8. The standard InChI is InChI=1S/C11H13N3O3S/c1-7-10(18-14-13-7)11(15)12-6-9(16-2)8-4-3-5-17-8/h3-5,9H,6H2,1-2H3,(H,12,15)/t9-/m0/s1. The average Bonchev–Trinajstić information content (AvgIpc) is 3.01. The minimum Gasteiger partial charge on any atom is -0.467 e. The highest BCUT2D eigenvalue weighted by molar-refractivity contribution is 7.07. The molecule has 0 unspecified atom stereocenters. The number of nitrogens with zero attached hydrogens (tertiary/aromatic N) is 2. The maximum Gasteiger partial charge on any atom is 0.265 e. The van der Waals surface area contributed by atoms with Gasteiger partial charge < -0.3 is 14.5 Å². The summed E-state index contributed by atoms with van der Waals surface area (Å²) in [7, 11) is 1.57. The first-order chi connectivity index (χ1) is 8.72. The van der Waals surface area contributed by atoms with Gasteiger partial charge in [0.15, 0.2) is 0 Å². The summed E-state index contributed by atoms with van der Waals surface area (Å²) in [4.78, 5) is 12.4. The molecule has 96 valence electrons. The van der Waals surface area contributed by atoms with Gasteiger partial charge in [0.25, 0.3) is 5.91 Å². The van der Waals surface area contributed by atoms with Crippen LogP contribution in [0.5, 0.6) is 0 Å². The fourth-order valence-electron chi connectivity index (χ4n) is 1.48. The number of carbonyl (C=O) groups excluding carboxylic acids is 1. The zero-order valence-electron chi connectivity index (χ0n) is 10.0. The summed E-state index contributed by atoms with van der Waals surface area (Å²) in [6, 6.07) is 3.58. The van der Waals surface area contributed by atoms with Crippen molar-refractivity contribution in [1.29, 1.82) is 0 Å². The second-order valence-corrected chi connectivity index (χ2v) is 4.39. The van der Waals surface area contributed by atoms with E-state index in [1.165, 1.54) is 0 Å². The Bertz CT molecular complexity index is 509. The van der Waals surface area contributed by atoms with Gasteiger partial charge in [0, 0.05) is 7.11 Å². The number of carbonyl (C=O) groups is 1. The molecule has 2 heterocycles. The van der Waals surface area contributed by atoms with E-state index in [9.17, 15) is 4.79 Å². The number of hydrogen-bond acceptors (Lipinski definition) is 6. The molecule has 2 rings (SSSR count). The van der Waals surface area contributed by atoms with E-state index >= 15 is 0 Å².